The first-order valence-electron chi connectivity index (χ1n) is 6.49. The molecule has 0 radical (unpaired) electrons. The molecule has 0 amide bonds. The van der Waals surface area contributed by atoms with Crippen LogP contribution in [0.4, 0.5) is 4.39 Å². The van der Waals surface area contributed by atoms with Crippen molar-refractivity contribution in [2.75, 3.05) is 0 Å². The quantitative estimate of drug-likeness (QED) is 0.774. The summed E-state index contributed by atoms with van der Waals surface area (Å²) in [7, 11) is 0. The molecule has 20 heavy (non-hydrogen) atoms. The van der Waals surface area contributed by atoms with Gasteiger partial charge in [-0.25, -0.2) is 9.37 Å². The highest BCUT2D eigenvalue weighted by atomic mass is 19.1. The van der Waals surface area contributed by atoms with Gasteiger partial charge in [0.25, 0.3) is 0 Å². The number of hydrogen-bond donors (Lipinski definition) is 1. The zero-order chi connectivity index (χ0) is 14.3. The van der Waals surface area contributed by atoms with E-state index < -0.39 is 6.10 Å². The van der Waals surface area contributed by atoms with Gasteiger partial charge in [-0.3, -0.25) is 0 Å². The Bertz CT molecular complexity index is 760. The molecular weight excluding hydrogens is 255 g/mol. The molecule has 0 aliphatic carbocycles. The first-order chi connectivity index (χ1) is 9.56. The minimum atomic E-state index is -0.659. The van der Waals surface area contributed by atoms with Gasteiger partial charge in [0.15, 0.2) is 0 Å². The van der Waals surface area contributed by atoms with Crippen LogP contribution in [0.15, 0.2) is 42.6 Å². The van der Waals surface area contributed by atoms with E-state index in [-0.39, 0.29) is 5.82 Å². The molecule has 0 bridgehead atoms. The van der Waals surface area contributed by atoms with Gasteiger partial charge < -0.3 is 9.51 Å². The fraction of sp³-hybridized carbons (Fsp3) is 0.188. The maximum Gasteiger partial charge on any atom is 0.138 e. The molecule has 0 saturated heterocycles. The highest BCUT2D eigenvalue weighted by molar-refractivity contribution is 5.67. The van der Waals surface area contributed by atoms with Gasteiger partial charge >= 0.3 is 0 Å². The highest BCUT2D eigenvalue weighted by Crippen LogP contribution is 2.29. The van der Waals surface area contributed by atoms with E-state index >= 15 is 0 Å². The zero-order valence-electron chi connectivity index (χ0n) is 11.3. The normalized spacial score (nSPS) is 12.8. The van der Waals surface area contributed by atoms with Crippen LogP contribution in [0.3, 0.4) is 0 Å². The van der Waals surface area contributed by atoms with Crippen LogP contribution < -0.4 is 0 Å². The molecule has 0 spiro atoms. The van der Waals surface area contributed by atoms with Gasteiger partial charge in [0.1, 0.15) is 11.5 Å². The van der Waals surface area contributed by atoms with Crippen LogP contribution in [0, 0.1) is 12.7 Å². The number of aromatic nitrogens is 2. The summed E-state index contributed by atoms with van der Waals surface area (Å²) < 4.78 is 14.9. The summed E-state index contributed by atoms with van der Waals surface area (Å²) in [4.78, 5) is 4.58. The average molecular weight is 270 g/mol. The number of fused-ring (bicyclic) bond motifs is 1. The number of imidazole rings is 1. The van der Waals surface area contributed by atoms with Crippen molar-refractivity contribution in [3.63, 3.8) is 0 Å². The molecular formula is C16H15FN2O. The molecule has 1 N–H and O–H groups in total. The largest absolute Gasteiger partial charge is 0.387 e. The summed E-state index contributed by atoms with van der Waals surface area (Å²) in [6, 6.07) is 10.1. The molecule has 1 atom stereocenters. The van der Waals surface area contributed by atoms with Crippen LogP contribution in [0.5, 0.6) is 0 Å². The summed E-state index contributed by atoms with van der Waals surface area (Å²) in [5.74, 6) is -0.285. The predicted octanol–water partition coefficient (Wildman–Crippen LogP) is 3.50. The Morgan fingerprint density at radius 2 is 1.90 bits per heavy atom. The van der Waals surface area contributed by atoms with Crippen molar-refractivity contribution in [2.45, 2.75) is 20.0 Å². The van der Waals surface area contributed by atoms with Crippen molar-refractivity contribution in [3.05, 3.63) is 59.7 Å². The summed E-state index contributed by atoms with van der Waals surface area (Å²) in [5, 5.41) is 10.0. The van der Waals surface area contributed by atoms with Gasteiger partial charge in [-0.2, -0.15) is 0 Å². The van der Waals surface area contributed by atoms with Crippen LogP contribution in [0.25, 0.3) is 16.9 Å². The third-order valence-electron chi connectivity index (χ3n) is 3.33. The van der Waals surface area contributed by atoms with Gasteiger partial charge in [0, 0.05) is 11.8 Å². The lowest BCUT2D eigenvalue weighted by Gasteiger charge is -2.08. The van der Waals surface area contributed by atoms with Crippen LogP contribution >= 0.6 is 0 Å². The Morgan fingerprint density at radius 3 is 2.55 bits per heavy atom. The summed E-state index contributed by atoms with van der Waals surface area (Å²) in [5.41, 5.74) is 4.08. The van der Waals surface area contributed by atoms with E-state index in [0.717, 1.165) is 16.8 Å². The van der Waals surface area contributed by atoms with Crippen LogP contribution in [0.2, 0.25) is 0 Å². The zero-order valence-corrected chi connectivity index (χ0v) is 11.3. The Labute approximate surface area is 116 Å². The van der Waals surface area contributed by atoms with E-state index in [1.54, 1.807) is 19.1 Å². The monoisotopic (exact) mass is 270 g/mol. The molecule has 3 aromatic rings. The van der Waals surface area contributed by atoms with Gasteiger partial charge in [-0.15, -0.1) is 0 Å². The van der Waals surface area contributed by atoms with Crippen molar-refractivity contribution in [1.29, 1.82) is 0 Å². The average Bonchev–Trinajstić information content (AvgIpc) is 2.77. The second-order valence-corrected chi connectivity index (χ2v) is 4.96. The molecule has 0 fully saturated rings. The lowest BCUT2D eigenvalue weighted by molar-refractivity contribution is 0.194. The molecule has 1 aromatic carbocycles. The Kier molecular flexibility index (Phi) is 3.03. The molecule has 0 aliphatic rings. The van der Waals surface area contributed by atoms with Crippen molar-refractivity contribution in [3.8, 4) is 11.3 Å². The molecule has 2 heterocycles. The maximum atomic E-state index is 13.0. The molecule has 4 heteroatoms. The number of nitrogens with zero attached hydrogens (tertiary/aromatic N) is 2. The number of halogens is 1. The Morgan fingerprint density at radius 1 is 1.20 bits per heavy atom. The summed E-state index contributed by atoms with van der Waals surface area (Å²) in [6.07, 6.45) is 1.24. The fourth-order valence-corrected chi connectivity index (χ4v) is 2.38. The van der Waals surface area contributed by atoms with Gasteiger partial charge in [-0.05, 0) is 55.8 Å². The second-order valence-electron chi connectivity index (χ2n) is 4.96. The second kappa shape index (κ2) is 4.72. The highest BCUT2D eigenvalue weighted by Gasteiger charge is 2.17. The maximum absolute atomic E-state index is 13.0. The number of aliphatic hydroxyl groups is 1. The third-order valence-corrected chi connectivity index (χ3v) is 3.33. The number of aryl methyl sites for hydroxylation is 1. The minimum Gasteiger partial charge on any atom is -0.387 e. The Hall–Kier alpha value is -2.20. The molecule has 0 aliphatic heterocycles. The molecule has 1 unspecified atom stereocenters. The molecule has 0 saturated carbocycles. The van der Waals surface area contributed by atoms with Crippen molar-refractivity contribution >= 4 is 5.65 Å². The smallest absolute Gasteiger partial charge is 0.138 e. The van der Waals surface area contributed by atoms with Crippen LogP contribution in [-0.4, -0.2) is 14.5 Å². The fourth-order valence-electron chi connectivity index (χ4n) is 2.38. The van der Waals surface area contributed by atoms with E-state index in [0.29, 0.717) is 11.4 Å². The first-order valence-corrected chi connectivity index (χ1v) is 6.49. The number of aliphatic hydroxyl groups excluding tert-OH is 1. The predicted molar refractivity (Wildman–Crippen MR) is 76.0 cm³/mol. The van der Waals surface area contributed by atoms with E-state index in [2.05, 4.69) is 4.98 Å². The summed E-state index contributed by atoms with van der Waals surface area (Å²) in [6.45, 7) is 3.70. The van der Waals surface area contributed by atoms with E-state index in [9.17, 15) is 9.50 Å². The lowest BCUT2D eigenvalue weighted by Crippen LogP contribution is -1.99. The van der Waals surface area contributed by atoms with Gasteiger partial charge in [0.2, 0.25) is 0 Å². The lowest BCUT2D eigenvalue weighted by atomic mass is 10.1. The minimum absolute atomic E-state index is 0.285. The number of pyridine rings is 1. The van der Waals surface area contributed by atoms with Crippen molar-refractivity contribution in [1.82, 2.24) is 9.38 Å². The van der Waals surface area contributed by atoms with Gasteiger partial charge in [-0.1, -0.05) is 0 Å². The topological polar surface area (TPSA) is 37.5 Å². The van der Waals surface area contributed by atoms with E-state index in [4.69, 9.17) is 0 Å². The summed E-state index contributed by atoms with van der Waals surface area (Å²) >= 11 is 0. The van der Waals surface area contributed by atoms with Crippen molar-refractivity contribution in [2.24, 2.45) is 0 Å². The van der Waals surface area contributed by atoms with E-state index in [1.165, 1.54) is 12.1 Å². The van der Waals surface area contributed by atoms with Crippen LogP contribution in [-0.2, 0) is 0 Å². The Balaban J connectivity index is 2.28. The molecule has 2 aromatic heterocycles. The molecule has 3 nitrogen and oxygen atoms in total. The van der Waals surface area contributed by atoms with Crippen LogP contribution in [0.1, 0.15) is 24.3 Å². The van der Waals surface area contributed by atoms with Gasteiger partial charge in [0.05, 0.1) is 17.5 Å². The molecule has 3 rings (SSSR count). The SMILES string of the molecule is Cc1ccn2c(C(C)O)c(-c3ccc(F)cc3)nc2c1. The number of hydrogen-bond acceptors (Lipinski definition) is 2. The molecule has 102 valence electrons. The van der Waals surface area contributed by atoms with E-state index in [1.807, 2.05) is 29.7 Å². The standard InChI is InChI=1S/C16H15FN2O/c1-10-7-8-19-14(9-10)18-15(16(19)11(2)20)12-3-5-13(17)6-4-12/h3-9,11,20H,1-2H3. The first kappa shape index (κ1) is 12.8. The number of benzene rings is 1. The third kappa shape index (κ3) is 2.08. The number of rotatable bonds is 2. The van der Waals surface area contributed by atoms with Crippen molar-refractivity contribution < 1.29 is 9.50 Å².